The molecule has 0 amide bonds. The van der Waals surface area contributed by atoms with E-state index in [1.54, 1.807) is 6.07 Å². The van der Waals surface area contributed by atoms with Gasteiger partial charge in [0.25, 0.3) is 0 Å². The summed E-state index contributed by atoms with van der Waals surface area (Å²) in [5, 5.41) is 22.6. The molecule has 5 nitrogen and oxygen atoms in total. The number of phenols is 1. The number of benzene rings is 1. The van der Waals surface area contributed by atoms with Crippen LogP contribution in [-0.2, 0) is 12.8 Å². The highest BCUT2D eigenvalue weighted by atomic mass is 16.5. The molecular weight excluding hydrogens is 258 g/mol. The molecule has 1 aromatic heterocycles. The number of rotatable bonds is 2. The first kappa shape index (κ1) is 12.7. The van der Waals surface area contributed by atoms with Gasteiger partial charge in [0.15, 0.2) is 11.5 Å². The van der Waals surface area contributed by atoms with Gasteiger partial charge in [-0.05, 0) is 42.9 Å². The van der Waals surface area contributed by atoms with E-state index < -0.39 is 5.97 Å². The third-order valence-electron chi connectivity index (χ3n) is 3.74. The Hall–Kier alpha value is -2.30. The molecule has 0 saturated heterocycles. The number of nitrogens with zero attached hydrogens (tertiary/aromatic N) is 1. The van der Waals surface area contributed by atoms with Crippen molar-refractivity contribution < 1.29 is 19.5 Å². The molecule has 0 atom stereocenters. The standard InChI is InChI=1S/C15H15NO4/c17-12-7-6-9-4-2-1-3-5-10(9)14(12)13-8-11(15(18)19)16-20-13/h6-8,17H,1-5H2,(H,18,19). The van der Waals surface area contributed by atoms with E-state index >= 15 is 0 Å². The van der Waals surface area contributed by atoms with Gasteiger partial charge in [-0.1, -0.05) is 17.6 Å². The second-order valence-electron chi connectivity index (χ2n) is 5.04. The fraction of sp³-hybridized carbons (Fsp3) is 0.333. The third-order valence-corrected chi connectivity index (χ3v) is 3.74. The molecule has 0 aliphatic heterocycles. The van der Waals surface area contributed by atoms with Crippen LogP contribution in [-0.4, -0.2) is 21.3 Å². The van der Waals surface area contributed by atoms with Crippen LogP contribution in [0.4, 0.5) is 0 Å². The minimum atomic E-state index is -1.14. The number of aromatic nitrogens is 1. The van der Waals surface area contributed by atoms with Gasteiger partial charge in [-0.2, -0.15) is 0 Å². The molecule has 1 aliphatic carbocycles. The fourth-order valence-electron chi connectivity index (χ4n) is 2.76. The van der Waals surface area contributed by atoms with Crippen molar-refractivity contribution in [3.63, 3.8) is 0 Å². The van der Waals surface area contributed by atoms with Gasteiger partial charge in [-0.15, -0.1) is 0 Å². The average Bonchev–Trinajstić information content (AvgIpc) is 2.78. The molecule has 104 valence electrons. The topological polar surface area (TPSA) is 83.6 Å². The Morgan fingerprint density at radius 2 is 2.00 bits per heavy atom. The summed E-state index contributed by atoms with van der Waals surface area (Å²) in [4.78, 5) is 10.9. The molecular formula is C15H15NO4. The van der Waals surface area contributed by atoms with Crippen molar-refractivity contribution >= 4 is 5.97 Å². The minimum absolute atomic E-state index is 0.110. The number of carbonyl (C=O) groups is 1. The van der Waals surface area contributed by atoms with Gasteiger partial charge < -0.3 is 14.7 Å². The number of hydrogen-bond acceptors (Lipinski definition) is 4. The molecule has 0 radical (unpaired) electrons. The lowest BCUT2D eigenvalue weighted by atomic mass is 9.94. The Labute approximate surface area is 115 Å². The van der Waals surface area contributed by atoms with Gasteiger partial charge in [0.1, 0.15) is 5.75 Å². The highest BCUT2D eigenvalue weighted by Gasteiger charge is 2.21. The number of fused-ring (bicyclic) bond motifs is 1. The zero-order valence-corrected chi connectivity index (χ0v) is 10.9. The Kier molecular flexibility index (Phi) is 3.18. The lowest BCUT2D eigenvalue weighted by Gasteiger charge is -2.11. The third kappa shape index (κ3) is 2.15. The van der Waals surface area contributed by atoms with E-state index in [9.17, 15) is 9.90 Å². The lowest BCUT2D eigenvalue weighted by Crippen LogP contribution is -1.96. The first-order valence-corrected chi connectivity index (χ1v) is 6.71. The molecule has 20 heavy (non-hydrogen) atoms. The predicted octanol–water partition coefficient (Wildman–Crippen LogP) is 3.01. The summed E-state index contributed by atoms with van der Waals surface area (Å²) in [5.41, 5.74) is 2.69. The van der Waals surface area contributed by atoms with E-state index in [1.807, 2.05) is 6.07 Å². The Morgan fingerprint density at radius 1 is 1.20 bits per heavy atom. The van der Waals surface area contributed by atoms with E-state index in [-0.39, 0.29) is 11.4 Å². The SMILES string of the molecule is O=C(O)c1cc(-c2c(O)ccc3c2CCCCC3)on1. The maximum absolute atomic E-state index is 10.9. The quantitative estimate of drug-likeness (QED) is 0.822. The van der Waals surface area contributed by atoms with E-state index in [2.05, 4.69) is 5.16 Å². The number of aromatic carboxylic acids is 1. The van der Waals surface area contributed by atoms with Crippen LogP contribution in [0.5, 0.6) is 5.75 Å². The van der Waals surface area contributed by atoms with Gasteiger partial charge in [-0.3, -0.25) is 0 Å². The van der Waals surface area contributed by atoms with Gasteiger partial charge in [0.05, 0.1) is 5.56 Å². The van der Waals surface area contributed by atoms with E-state index in [4.69, 9.17) is 9.63 Å². The van der Waals surface area contributed by atoms with Crippen LogP contribution in [0.1, 0.15) is 40.9 Å². The Bertz CT molecular complexity index is 660. The predicted molar refractivity (Wildman–Crippen MR) is 71.8 cm³/mol. The van der Waals surface area contributed by atoms with Crippen molar-refractivity contribution in [3.05, 3.63) is 35.0 Å². The normalized spacial score (nSPS) is 14.6. The summed E-state index contributed by atoms with van der Waals surface area (Å²) in [6.07, 6.45) is 5.19. The summed E-state index contributed by atoms with van der Waals surface area (Å²) in [6.45, 7) is 0. The average molecular weight is 273 g/mol. The van der Waals surface area contributed by atoms with Gasteiger partial charge in [0, 0.05) is 6.07 Å². The molecule has 0 unspecified atom stereocenters. The lowest BCUT2D eigenvalue weighted by molar-refractivity contribution is 0.0686. The van der Waals surface area contributed by atoms with Crippen LogP contribution in [0.25, 0.3) is 11.3 Å². The van der Waals surface area contributed by atoms with Crippen LogP contribution in [0, 0.1) is 0 Å². The molecule has 0 spiro atoms. The highest BCUT2D eigenvalue weighted by Crippen LogP contribution is 2.37. The first-order valence-electron chi connectivity index (χ1n) is 6.71. The van der Waals surface area contributed by atoms with Crippen molar-refractivity contribution in [1.82, 2.24) is 5.16 Å². The van der Waals surface area contributed by atoms with Crippen molar-refractivity contribution in [2.24, 2.45) is 0 Å². The molecule has 0 bridgehead atoms. The van der Waals surface area contributed by atoms with Crippen LogP contribution in [0.15, 0.2) is 22.7 Å². The summed E-state index contributed by atoms with van der Waals surface area (Å²) < 4.78 is 5.11. The van der Waals surface area contributed by atoms with E-state index in [0.717, 1.165) is 37.7 Å². The molecule has 2 aromatic rings. The van der Waals surface area contributed by atoms with Crippen LogP contribution in [0.2, 0.25) is 0 Å². The number of carboxylic acid groups (broad SMARTS) is 1. The maximum Gasteiger partial charge on any atom is 0.358 e. The maximum atomic E-state index is 10.9. The second-order valence-corrected chi connectivity index (χ2v) is 5.04. The molecule has 0 saturated carbocycles. The van der Waals surface area contributed by atoms with Crippen molar-refractivity contribution in [1.29, 1.82) is 0 Å². The molecule has 2 N–H and O–H groups in total. The number of aromatic hydroxyl groups is 1. The smallest absolute Gasteiger partial charge is 0.358 e. The zero-order chi connectivity index (χ0) is 14.1. The number of phenolic OH excluding ortho intramolecular Hbond substituents is 1. The van der Waals surface area contributed by atoms with Gasteiger partial charge in [0.2, 0.25) is 0 Å². The first-order chi connectivity index (χ1) is 9.66. The van der Waals surface area contributed by atoms with Crippen LogP contribution < -0.4 is 0 Å². The van der Waals surface area contributed by atoms with Crippen LogP contribution >= 0.6 is 0 Å². The van der Waals surface area contributed by atoms with Gasteiger partial charge in [-0.25, -0.2) is 4.79 Å². The van der Waals surface area contributed by atoms with E-state index in [1.165, 1.54) is 11.6 Å². The monoisotopic (exact) mass is 273 g/mol. The Morgan fingerprint density at radius 3 is 2.75 bits per heavy atom. The van der Waals surface area contributed by atoms with Crippen molar-refractivity contribution in [3.8, 4) is 17.1 Å². The van der Waals surface area contributed by atoms with Crippen molar-refractivity contribution in [2.75, 3.05) is 0 Å². The molecule has 1 aliphatic rings. The second kappa shape index (κ2) is 5.00. The molecule has 0 fully saturated rings. The molecule has 1 aromatic carbocycles. The number of carboxylic acids is 1. The van der Waals surface area contributed by atoms with Crippen LogP contribution in [0.3, 0.4) is 0 Å². The summed E-state index contributed by atoms with van der Waals surface area (Å²) in [5.74, 6) is -0.709. The molecule has 1 heterocycles. The Balaban J connectivity index is 2.14. The number of aryl methyl sites for hydroxylation is 1. The zero-order valence-electron chi connectivity index (χ0n) is 10.9. The summed E-state index contributed by atoms with van der Waals surface area (Å²) in [6, 6.07) is 4.94. The largest absolute Gasteiger partial charge is 0.507 e. The number of hydrogen-bond donors (Lipinski definition) is 2. The molecule has 5 heteroatoms. The fourth-order valence-corrected chi connectivity index (χ4v) is 2.76. The summed E-state index contributed by atoms with van der Waals surface area (Å²) in [7, 11) is 0. The van der Waals surface area contributed by atoms with Gasteiger partial charge >= 0.3 is 5.97 Å². The summed E-state index contributed by atoms with van der Waals surface area (Å²) >= 11 is 0. The van der Waals surface area contributed by atoms with Crippen molar-refractivity contribution in [2.45, 2.75) is 32.1 Å². The molecule has 3 rings (SSSR count). The highest BCUT2D eigenvalue weighted by molar-refractivity contribution is 5.87. The minimum Gasteiger partial charge on any atom is -0.507 e. The van der Waals surface area contributed by atoms with E-state index in [0.29, 0.717) is 11.3 Å².